The summed E-state index contributed by atoms with van der Waals surface area (Å²) in [6.45, 7) is 0. The van der Waals surface area contributed by atoms with Gasteiger partial charge in [0.05, 0.1) is 0 Å². The van der Waals surface area contributed by atoms with Crippen LogP contribution in [0.5, 0.6) is 0 Å². The molecule has 0 saturated heterocycles. The second kappa shape index (κ2) is 3.75. The molecule has 0 aliphatic heterocycles. The minimum Gasteiger partial charge on any atom is -0.0528 e. The lowest BCUT2D eigenvalue weighted by Gasteiger charge is -2.57. The van der Waals surface area contributed by atoms with Gasteiger partial charge in [-0.2, -0.15) is 0 Å². The zero-order chi connectivity index (χ0) is 10.5. The summed E-state index contributed by atoms with van der Waals surface area (Å²) in [5.41, 5.74) is 0. The van der Waals surface area contributed by atoms with Gasteiger partial charge in [-0.25, -0.2) is 0 Å². The van der Waals surface area contributed by atoms with E-state index in [2.05, 4.69) is 0 Å². The molecule has 4 aliphatic rings. The molecule has 0 nitrogen and oxygen atoms in total. The Labute approximate surface area is 100 Å². The molecule has 0 aromatic carbocycles. The Morgan fingerprint density at radius 2 is 0.688 bits per heavy atom. The zero-order valence-corrected chi connectivity index (χ0v) is 10.5. The topological polar surface area (TPSA) is 0 Å². The summed E-state index contributed by atoms with van der Waals surface area (Å²) in [5.74, 6) is 7.07. The highest BCUT2D eigenvalue weighted by atomic mass is 14.6. The molecule has 0 spiro atoms. The molecule has 4 rings (SSSR count). The normalized spacial score (nSPS) is 55.5. The summed E-state index contributed by atoms with van der Waals surface area (Å²) >= 11 is 0. The lowest BCUT2D eigenvalue weighted by molar-refractivity contribution is -0.0760. The van der Waals surface area contributed by atoms with E-state index in [1.54, 1.807) is 64.2 Å². The van der Waals surface area contributed by atoms with E-state index in [0.717, 1.165) is 0 Å². The molecule has 0 heteroatoms. The van der Waals surface area contributed by atoms with Crippen LogP contribution in [0.1, 0.15) is 64.2 Å². The van der Waals surface area contributed by atoms with E-state index in [4.69, 9.17) is 0 Å². The monoisotopic (exact) mass is 218 g/mol. The first-order chi connectivity index (χ1) is 7.93. The van der Waals surface area contributed by atoms with Crippen LogP contribution in [-0.4, -0.2) is 0 Å². The Kier molecular flexibility index (Phi) is 2.34. The first-order valence-electron chi connectivity index (χ1n) is 7.93. The molecule has 0 aromatic heterocycles. The third-order valence-electron chi connectivity index (χ3n) is 6.74. The first kappa shape index (κ1) is 9.97. The van der Waals surface area contributed by atoms with Gasteiger partial charge in [-0.05, 0) is 61.2 Å². The van der Waals surface area contributed by atoms with Gasteiger partial charge >= 0.3 is 0 Å². The molecule has 0 N–H and O–H groups in total. The molecule has 0 amide bonds. The fourth-order valence-corrected chi connectivity index (χ4v) is 6.28. The Morgan fingerprint density at radius 1 is 0.375 bits per heavy atom. The molecule has 0 radical (unpaired) electrons. The minimum absolute atomic E-state index is 1.17. The van der Waals surface area contributed by atoms with Gasteiger partial charge in [-0.15, -0.1) is 0 Å². The Hall–Kier alpha value is 0. The Morgan fingerprint density at radius 3 is 1.00 bits per heavy atom. The lowest BCUT2D eigenvalue weighted by Crippen LogP contribution is -2.49. The first-order valence-corrected chi connectivity index (χ1v) is 7.93. The van der Waals surface area contributed by atoms with Crippen molar-refractivity contribution in [3.05, 3.63) is 0 Å². The lowest BCUT2D eigenvalue weighted by atomic mass is 9.48. The molecule has 0 heterocycles. The molecule has 2 unspecified atom stereocenters. The van der Waals surface area contributed by atoms with Gasteiger partial charge < -0.3 is 0 Å². The molecular formula is C16H26. The highest BCUT2D eigenvalue weighted by Gasteiger charge is 2.50. The van der Waals surface area contributed by atoms with E-state index in [-0.39, 0.29) is 0 Å². The number of hydrogen-bond donors (Lipinski definition) is 0. The van der Waals surface area contributed by atoms with Crippen molar-refractivity contribution >= 4 is 0 Å². The van der Waals surface area contributed by atoms with Crippen LogP contribution < -0.4 is 0 Å². The summed E-state index contributed by atoms with van der Waals surface area (Å²) in [6.07, 6.45) is 15.9. The van der Waals surface area contributed by atoms with Crippen LogP contribution in [0.3, 0.4) is 0 Å². The summed E-state index contributed by atoms with van der Waals surface area (Å²) in [4.78, 5) is 0. The molecular weight excluding hydrogens is 192 g/mol. The van der Waals surface area contributed by atoms with Gasteiger partial charge in [-0.1, -0.05) is 38.5 Å². The molecule has 6 atom stereocenters. The van der Waals surface area contributed by atoms with Crippen LogP contribution in [-0.2, 0) is 0 Å². The van der Waals surface area contributed by atoms with Gasteiger partial charge in [-0.3, -0.25) is 0 Å². The van der Waals surface area contributed by atoms with E-state index >= 15 is 0 Å². The maximum absolute atomic E-state index is 1.61. The third-order valence-corrected chi connectivity index (χ3v) is 6.74. The highest BCUT2D eigenvalue weighted by molar-refractivity contribution is 5.00. The fourth-order valence-electron chi connectivity index (χ4n) is 6.28. The summed E-state index contributed by atoms with van der Waals surface area (Å²) in [7, 11) is 0. The van der Waals surface area contributed by atoms with Crippen molar-refractivity contribution in [1.82, 2.24) is 0 Å². The third kappa shape index (κ3) is 1.34. The quantitative estimate of drug-likeness (QED) is 0.555. The smallest absolute Gasteiger partial charge is 0.0324 e. The van der Waals surface area contributed by atoms with Crippen LogP contribution in [0.15, 0.2) is 0 Å². The van der Waals surface area contributed by atoms with Crippen molar-refractivity contribution < 1.29 is 0 Å². The van der Waals surface area contributed by atoms with E-state index in [1.165, 1.54) is 35.5 Å². The van der Waals surface area contributed by atoms with Crippen LogP contribution in [0.2, 0.25) is 0 Å². The van der Waals surface area contributed by atoms with Crippen molar-refractivity contribution in [3.8, 4) is 0 Å². The SMILES string of the molecule is C1C[C@@H]2CC[C@@H]3CCC[C@H]4CC[C@H](C1)C2C34. The van der Waals surface area contributed by atoms with Gasteiger partial charge in [0, 0.05) is 0 Å². The summed E-state index contributed by atoms with van der Waals surface area (Å²) < 4.78 is 0. The molecule has 0 aromatic rings. The Balaban J connectivity index is 1.67. The maximum Gasteiger partial charge on any atom is -0.0324 e. The van der Waals surface area contributed by atoms with Gasteiger partial charge in [0.25, 0.3) is 0 Å². The van der Waals surface area contributed by atoms with E-state index in [9.17, 15) is 0 Å². The largest absolute Gasteiger partial charge is 0.0528 e. The van der Waals surface area contributed by atoms with Crippen molar-refractivity contribution in [2.45, 2.75) is 64.2 Å². The van der Waals surface area contributed by atoms with E-state index in [0.29, 0.717) is 0 Å². The Bertz CT molecular complexity index is 217. The van der Waals surface area contributed by atoms with Gasteiger partial charge in [0.2, 0.25) is 0 Å². The van der Waals surface area contributed by atoms with E-state index < -0.39 is 0 Å². The number of hydrogen-bond acceptors (Lipinski definition) is 0. The fraction of sp³-hybridized carbons (Fsp3) is 1.00. The summed E-state index contributed by atoms with van der Waals surface area (Å²) in [6, 6.07) is 0. The second-order valence-electron chi connectivity index (χ2n) is 7.21. The van der Waals surface area contributed by atoms with Crippen LogP contribution in [0, 0.1) is 35.5 Å². The maximum atomic E-state index is 1.61. The van der Waals surface area contributed by atoms with Crippen LogP contribution >= 0.6 is 0 Å². The molecule has 4 saturated carbocycles. The number of rotatable bonds is 0. The minimum atomic E-state index is 1.17. The highest BCUT2D eigenvalue weighted by Crippen LogP contribution is 2.59. The van der Waals surface area contributed by atoms with Crippen LogP contribution in [0.25, 0.3) is 0 Å². The second-order valence-corrected chi connectivity index (χ2v) is 7.21. The van der Waals surface area contributed by atoms with Crippen molar-refractivity contribution in [2.75, 3.05) is 0 Å². The predicted molar refractivity (Wildman–Crippen MR) is 67.1 cm³/mol. The van der Waals surface area contributed by atoms with Gasteiger partial charge in [0.1, 0.15) is 0 Å². The van der Waals surface area contributed by atoms with Crippen molar-refractivity contribution in [1.29, 1.82) is 0 Å². The average molecular weight is 218 g/mol. The average Bonchev–Trinajstić information content (AvgIpc) is 2.36. The van der Waals surface area contributed by atoms with Crippen molar-refractivity contribution in [2.24, 2.45) is 35.5 Å². The van der Waals surface area contributed by atoms with Crippen molar-refractivity contribution in [3.63, 3.8) is 0 Å². The summed E-state index contributed by atoms with van der Waals surface area (Å²) in [5, 5.41) is 0. The predicted octanol–water partition coefficient (Wildman–Crippen LogP) is 4.64. The molecule has 0 bridgehead atoms. The van der Waals surface area contributed by atoms with E-state index in [1.807, 2.05) is 0 Å². The van der Waals surface area contributed by atoms with Crippen LogP contribution in [0.4, 0.5) is 0 Å². The zero-order valence-electron chi connectivity index (χ0n) is 10.5. The molecule has 16 heavy (non-hydrogen) atoms. The van der Waals surface area contributed by atoms with Gasteiger partial charge in [0.15, 0.2) is 0 Å². The molecule has 90 valence electrons. The molecule has 4 fully saturated rings. The molecule has 4 aliphatic carbocycles. The standard InChI is InChI=1S/C16H26/c1-3-11-7-9-13-5-2-6-14-10-8-12(4-1)15(11)16(13)14/h11-16H,1-10H2/t11-,12-,13-,14+,15?,16?/m0/s1.